The van der Waals surface area contributed by atoms with Gasteiger partial charge in [0.1, 0.15) is 6.10 Å². The van der Waals surface area contributed by atoms with Gasteiger partial charge in [0.15, 0.2) is 6.29 Å². The van der Waals surface area contributed by atoms with E-state index in [0.29, 0.717) is 0 Å². The molecule has 2 atom stereocenters. The molecule has 0 radical (unpaired) electrons. The topological polar surface area (TPSA) is 27.7 Å². The molecule has 0 aliphatic carbocycles. The van der Waals surface area contributed by atoms with Crippen LogP contribution in [0, 0.1) is 0 Å². The summed E-state index contributed by atoms with van der Waals surface area (Å²) in [7, 11) is 3.33. The lowest BCUT2D eigenvalue weighted by atomic mass is 10.1. The quantitative estimate of drug-likeness (QED) is 0.576. The van der Waals surface area contributed by atoms with Crippen LogP contribution in [0.25, 0.3) is 0 Å². The fraction of sp³-hybridized carbons (Fsp3) is 1.00. The summed E-state index contributed by atoms with van der Waals surface area (Å²) in [5.41, 5.74) is 0. The molecule has 0 spiro atoms. The van der Waals surface area contributed by atoms with Gasteiger partial charge in [0.25, 0.3) is 0 Å². The molecule has 1 aliphatic rings. The smallest absolute Gasteiger partial charge is 0.183 e. The first-order valence-corrected chi connectivity index (χ1v) is 3.55. The van der Waals surface area contributed by atoms with Crippen LogP contribution in [0.15, 0.2) is 0 Å². The second-order valence-electron chi connectivity index (χ2n) is 2.39. The lowest BCUT2D eigenvalue weighted by Gasteiger charge is -2.28. The summed E-state index contributed by atoms with van der Waals surface area (Å²) in [6.45, 7) is 0.790. The van der Waals surface area contributed by atoms with Gasteiger partial charge in [-0.1, -0.05) is 0 Å². The first-order chi connectivity index (χ1) is 4.88. The summed E-state index contributed by atoms with van der Waals surface area (Å²) in [6.07, 6.45) is 2.07. The fourth-order valence-corrected chi connectivity index (χ4v) is 1.18. The molecule has 0 saturated carbocycles. The summed E-state index contributed by atoms with van der Waals surface area (Å²) < 4.78 is 15.5. The van der Waals surface area contributed by atoms with E-state index in [4.69, 9.17) is 14.2 Å². The van der Waals surface area contributed by atoms with Gasteiger partial charge in [0.2, 0.25) is 0 Å². The van der Waals surface area contributed by atoms with Gasteiger partial charge in [-0.15, -0.1) is 0 Å². The van der Waals surface area contributed by atoms with Crippen LogP contribution >= 0.6 is 0 Å². The standard InChI is InChI=1S/C7H14O3/c1-8-6-4-3-5-10-7(6)9-2/h6-7H,3-5H2,1-2H3/t6-,7-/m1/s1. The van der Waals surface area contributed by atoms with Crippen molar-refractivity contribution < 1.29 is 14.2 Å². The first-order valence-electron chi connectivity index (χ1n) is 3.55. The Kier molecular flexibility index (Phi) is 3.12. The highest BCUT2D eigenvalue weighted by molar-refractivity contribution is 4.66. The van der Waals surface area contributed by atoms with E-state index in [0.717, 1.165) is 19.4 Å². The second-order valence-corrected chi connectivity index (χ2v) is 2.39. The second kappa shape index (κ2) is 3.91. The molecule has 0 bridgehead atoms. The van der Waals surface area contributed by atoms with Crippen molar-refractivity contribution in [3.05, 3.63) is 0 Å². The molecule has 0 aromatic carbocycles. The molecular formula is C7H14O3. The number of hydrogen-bond donors (Lipinski definition) is 0. The molecular weight excluding hydrogens is 132 g/mol. The van der Waals surface area contributed by atoms with E-state index in [1.165, 1.54) is 0 Å². The zero-order chi connectivity index (χ0) is 7.40. The van der Waals surface area contributed by atoms with Crippen LogP contribution in [0.5, 0.6) is 0 Å². The van der Waals surface area contributed by atoms with E-state index in [2.05, 4.69) is 0 Å². The predicted octanol–water partition coefficient (Wildman–Crippen LogP) is 0.784. The van der Waals surface area contributed by atoms with Crippen molar-refractivity contribution in [2.75, 3.05) is 20.8 Å². The average molecular weight is 146 g/mol. The molecule has 1 fully saturated rings. The summed E-state index contributed by atoms with van der Waals surface area (Å²) in [5, 5.41) is 0. The first kappa shape index (κ1) is 7.98. The molecule has 0 N–H and O–H groups in total. The van der Waals surface area contributed by atoms with E-state index < -0.39 is 0 Å². The highest BCUT2D eigenvalue weighted by Gasteiger charge is 2.24. The zero-order valence-corrected chi connectivity index (χ0v) is 6.50. The number of hydrogen-bond acceptors (Lipinski definition) is 3. The molecule has 1 heterocycles. The monoisotopic (exact) mass is 146 g/mol. The summed E-state index contributed by atoms with van der Waals surface area (Å²) in [4.78, 5) is 0. The van der Waals surface area contributed by atoms with Crippen molar-refractivity contribution in [1.82, 2.24) is 0 Å². The van der Waals surface area contributed by atoms with Gasteiger partial charge in [-0.3, -0.25) is 0 Å². The minimum Gasteiger partial charge on any atom is -0.376 e. The molecule has 1 saturated heterocycles. The van der Waals surface area contributed by atoms with Crippen molar-refractivity contribution in [1.29, 1.82) is 0 Å². The zero-order valence-electron chi connectivity index (χ0n) is 6.50. The molecule has 0 unspecified atom stereocenters. The molecule has 1 rings (SSSR count). The molecule has 0 aromatic heterocycles. The van der Waals surface area contributed by atoms with Gasteiger partial charge in [0.05, 0.1) is 0 Å². The van der Waals surface area contributed by atoms with Crippen molar-refractivity contribution in [2.24, 2.45) is 0 Å². The number of methoxy groups -OCH3 is 2. The lowest BCUT2D eigenvalue weighted by Crippen LogP contribution is -2.36. The maximum absolute atomic E-state index is 5.28. The van der Waals surface area contributed by atoms with Gasteiger partial charge >= 0.3 is 0 Å². The Labute approximate surface area is 61.3 Å². The van der Waals surface area contributed by atoms with Crippen LogP contribution in [-0.2, 0) is 14.2 Å². The Balaban J connectivity index is 2.34. The van der Waals surface area contributed by atoms with Crippen molar-refractivity contribution in [2.45, 2.75) is 25.2 Å². The SMILES string of the molecule is CO[C@@H]1OCCC[C@H]1OC. The third kappa shape index (κ3) is 1.68. The Bertz CT molecular complexity index is 82.9. The third-order valence-electron chi connectivity index (χ3n) is 1.75. The van der Waals surface area contributed by atoms with Gasteiger partial charge in [0, 0.05) is 20.8 Å². The molecule has 3 nitrogen and oxygen atoms in total. The fourth-order valence-electron chi connectivity index (χ4n) is 1.18. The normalized spacial score (nSPS) is 34.2. The molecule has 1 aliphatic heterocycles. The summed E-state index contributed by atoms with van der Waals surface area (Å²) in [6, 6.07) is 0. The van der Waals surface area contributed by atoms with Crippen LogP contribution in [0.3, 0.4) is 0 Å². The highest BCUT2D eigenvalue weighted by Crippen LogP contribution is 2.16. The van der Waals surface area contributed by atoms with Crippen LogP contribution in [-0.4, -0.2) is 33.2 Å². The van der Waals surface area contributed by atoms with E-state index in [1.807, 2.05) is 0 Å². The van der Waals surface area contributed by atoms with Crippen molar-refractivity contribution >= 4 is 0 Å². The maximum Gasteiger partial charge on any atom is 0.183 e. The largest absolute Gasteiger partial charge is 0.376 e. The minimum atomic E-state index is -0.154. The molecule has 3 heteroatoms. The number of rotatable bonds is 2. The van der Waals surface area contributed by atoms with Crippen molar-refractivity contribution in [3.8, 4) is 0 Å². The van der Waals surface area contributed by atoms with E-state index >= 15 is 0 Å². The van der Waals surface area contributed by atoms with Gasteiger partial charge < -0.3 is 14.2 Å². The Hall–Kier alpha value is -0.120. The van der Waals surface area contributed by atoms with Gasteiger partial charge in [-0.25, -0.2) is 0 Å². The van der Waals surface area contributed by atoms with Crippen LogP contribution in [0.1, 0.15) is 12.8 Å². The Morgan fingerprint density at radius 3 is 2.60 bits per heavy atom. The Morgan fingerprint density at radius 2 is 2.10 bits per heavy atom. The highest BCUT2D eigenvalue weighted by atomic mass is 16.7. The maximum atomic E-state index is 5.28. The molecule has 60 valence electrons. The van der Waals surface area contributed by atoms with E-state index in [1.54, 1.807) is 14.2 Å². The molecule has 10 heavy (non-hydrogen) atoms. The van der Waals surface area contributed by atoms with Crippen LogP contribution in [0.2, 0.25) is 0 Å². The average Bonchev–Trinajstić information content (AvgIpc) is 2.04. The van der Waals surface area contributed by atoms with Crippen molar-refractivity contribution in [3.63, 3.8) is 0 Å². The molecule has 0 amide bonds. The lowest BCUT2D eigenvalue weighted by molar-refractivity contribution is -0.209. The third-order valence-corrected chi connectivity index (χ3v) is 1.75. The van der Waals surface area contributed by atoms with Gasteiger partial charge in [-0.05, 0) is 12.8 Å². The predicted molar refractivity (Wildman–Crippen MR) is 36.8 cm³/mol. The molecule has 0 aromatic rings. The van der Waals surface area contributed by atoms with Crippen LogP contribution < -0.4 is 0 Å². The van der Waals surface area contributed by atoms with Gasteiger partial charge in [-0.2, -0.15) is 0 Å². The van der Waals surface area contributed by atoms with Crippen LogP contribution in [0.4, 0.5) is 0 Å². The Morgan fingerprint density at radius 1 is 1.30 bits per heavy atom. The number of ether oxygens (including phenoxy) is 3. The van der Waals surface area contributed by atoms with E-state index in [-0.39, 0.29) is 12.4 Å². The summed E-state index contributed by atoms with van der Waals surface area (Å²) >= 11 is 0. The summed E-state index contributed by atoms with van der Waals surface area (Å²) in [5.74, 6) is 0. The minimum absolute atomic E-state index is 0.124. The van der Waals surface area contributed by atoms with E-state index in [9.17, 15) is 0 Å².